The molecule has 0 atom stereocenters. The normalized spacial score (nSPS) is 10.4. The Hall–Kier alpha value is -1.56. The van der Waals surface area contributed by atoms with E-state index in [-0.39, 0.29) is 12.5 Å². The van der Waals surface area contributed by atoms with Gasteiger partial charge in [0.15, 0.2) is 0 Å². The maximum Gasteiger partial charge on any atom is 0.258 e. The molecule has 1 N–H and O–H groups in total. The lowest BCUT2D eigenvalue weighted by atomic mass is 10.2. The van der Waals surface area contributed by atoms with Crippen LogP contribution in [0.4, 0.5) is 5.69 Å². The topological polar surface area (TPSA) is 49.8 Å². The number of para-hydroxylation sites is 2. The smallest absolute Gasteiger partial charge is 0.258 e. The van der Waals surface area contributed by atoms with Gasteiger partial charge in [-0.15, -0.1) is 0 Å². The Kier molecular flexibility index (Phi) is 6.45. The summed E-state index contributed by atoms with van der Waals surface area (Å²) in [6.45, 7) is 0.456. The maximum atomic E-state index is 12.7. The molecule has 122 valence electrons. The number of benzene rings is 2. The standard InChI is InChI=1S/C17H17BrClNO3/c1-20(17(22)12-7-8-14(19)13(18)11-12)15-5-2-3-6-16(15)23-10-4-9-21/h2-3,5-8,11,21H,4,9-10H2,1H3. The van der Waals surface area contributed by atoms with Crippen molar-refractivity contribution in [3.63, 3.8) is 0 Å². The molecule has 4 nitrogen and oxygen atoms in total. The molecule has 0 aromatic heterocycles. The van der Waals surface area contributed by atoms with Crippen LogP contribution < -0.4 is 9.64 Å². The van der Waals surface area contributed by atoms with E-state index in [9.17, 15) is 4.79 Å². The third-order valence-corrected chi connectivity index (χ3v) is 4.47. The Morgan fingerprint density at radius 1 is 1.30 bits per heavy atom. The predicted octanol–water partition coefficient (Wildman–Crippen LogP) is 4.14. The monoisotopic (exact) mass is 397 g/mol. The van der Waals surface area contributed by atoms with Gasteiger partial charge in [-0.1, -0.05) is 23.7 Å². The third kappa shape index (κ3) is 4.47. The number of rotatable bonds is 6. The van der Waals surface area contributed by atoms with E-state index in [1.165, 1.54) is 4.90 Å². The first-order valence-electron chi connectivity index (χ1n) is 7.10. The lowest BCUT2D eigenvalue weighted by Gasteiger charge is -2.21. The molecule has 2 aromatic rings. The fourth-order valence-corrected chi connectivity index (χ4v) is 2.53. The molecular weight excluding hydrogens is 382 g/mol. The van der Waals surface area contributed by atoms with E-state index in [1.807, 2.05) is 18.2 Å². The fraction of sp³-hybridized carbons (Fsp3) is 0.235. The second-order valence-corrected chi connectivity index (χ2v) is 6.15. The van der Waals surface area contributed by atoms with Crippen LogP contribution in [0.2, 0.25) is 5.02 Å². The Labute approximate surface area is 148 Å². The Bertz CT molecular complexity index is 693. The van der Waals surface area contributed by atoms with Gasteiger partial charge in [0.05, 0.1) is 17.3 Å². The Balaban J connectivity index is 2.23. The van der Waals surface area contributed by atoms with Crippen LogP contribution >= 0.6 is 27.5 Å². The molecule has 6 heteroatoms. The molecule has 0 aliphatic carbocycles. The van der Waals surface area contributed by atoms with Crippen LogP contribution in [-0.2, 0) is 0 Å². The van der Waals surface area contributed by atoms with E-state index in [4.69, 9.17) is 21.4 Å². The number of aliphatic hydroxyl groups excluding tert-OH is 1. The number of halogens is 2. The molecule has 0 heterocycles. The quantitative estimate of drug-likeness (QED) is 0.744. The molecule has 2 rings (SSSR count). The molecule has 1 amide bonds. The summed E-state index contributed by atoms with van der Waals surface area (Å²) >= 11 is 9.29. The van der Waals surface area contributed by atoms with Crippen LogP contribution in [0.25, 0.3) is 0 Å². The highest BCUT2D eigenvalue weighted by Gasteiger charge is 2.17. The number of amides is 1. The van der Waals surface area contributed by atoms with Crippen molar-refractivity contribution >= 4 is 39.1 Å². The molecule has 0 unspecified atom stereocenters. The van der Waals surface area contributed by atoms with Gasteiger partial charge in [0.2, 0.25) is 0 Å². The van der Waals surface area contributed by atoms with Gasteiger partial charge in [-0.3, -0.25) is 4.79 Å². The highest BCUT2D eigenvalue weighted by molar-refractivity contribution is 9.10. The number of carbonyl (C=O) groups excluding carboxylic acids is 1. The number of anilines is 1. The van der Waals surface area contributed by atoms with Crippen molar-refractivity contribution in [2.24, 2.45) is 0 Å². The number of carbonyl (C=O) groups is 1. The SMILES string of the molecule is CN(C(=O)c1ccc(Cl)c(Br)c1)c1ccccc1OCCCO. The van der Waals surface area contributed by atoms with E-state index in [2.05, 4.69) is 15.9 Å². The number of hydrogen-bond donors (Lipinski definition) is 1. The van der Waals surface area contributed by atoms with Crippen LogP contribution in [0.15, 0.2) is 46.9 Å². The molecule has 0 saturated heterocycles. The summed E-state index contributed by atoms with van der Waals surface area (Å²) < 4.78 is 6.32. The largest absolute Gasteiger partial charge is 0.491 e. The second kappa shape index (κ2) is 8.34. The van der Waals surface area contributed by atoms with Crippen molar-refractivity contribution in [1.29, 1.82) is 0 Å². The second-order valence-electron chi connectivity index (χ2n) is 4.89. The van der Waals surface area contributed by atoms with Gasteiger partial charge in [0.1, 0.15) is 5.75 Å². The van der Waals surface area contributed by atoms with Crippen molar-refractivity contribution in [3.05, 3.63) is 57.5 Å². The van der Waals surface area contributed by atoms with Crippen molar-refractivity contribution in [1.82, 2.24) is 0 Å². The first-order valence-corrected chi connectivity index (χ1v) is 8.27. The maximum absolute atomic E-state index is 12.7. The van der Waals surface area contributed by atoms with Gasteiger partial charge >= 0.3 is 0 Å². The van der Waals surface area contributed by atoms with Crippen LogP contribution in [0.5, 0.6) is 5.75 Å². The summed E-state index contributed by atoms with van der Waals surface area (Å²) in [5, 5.41) is 9.40. The average molecular weight is 399 g/mol. The van der Waals surface area contributed by atoms with Gasteiger partial charge in [-0.2, -0.15) is 0 Å². The zero-order valence-corrected chi connectivity index (χ0v) is 15.0. The van der Waals surface area contributed by atoms with Crippen LogP contribution in [0, 0.1) is 0 Å². The van der Waals surface area contributed by atoms with E-state index >= 15 is 0 Å². The molecule has 2 aromatic carbocycles. The van der Waals surface area contributed by atoms with E-state index < -0.39 is 0 Å². The van der Waals surface area contributed by atoms with Gasteiger partial charge in [-0.05, 0) is 46.3 Å². The molecule has 0 saturated carbocycles. The number of nitrogens with zero attached hydrogens (tertiary/aromatic N) is 1. The number of hydrogen-bond acceptors (Lipinski definition) is 3. The average Bonchev–Trinajstić information content (AvgIpc) is 2.57. The molecule has 0 aliphatic heterocycles. The highest BCUT2D eigenvalue weighted by atomic mass is 79.9. The number of ether oxygens (including phenoxy) is 1. The van der Waals surface area contributed by atoms with E-state index in [1.54, 1.807) is 31.3 Å². The molecule has 23 heavy (non-hydrogen) atoms. The minimum atomic E-state index is -0.166. The Morgan fingerprint density at radius 2 is 2.04 bits per heavy atom. The third-order valence-electron chi connectivity index (χ3n) is 3.26. The Morgan fingerprint density at radius 3 is 2.74 bits per heavy atom. The van der Waals surface area contributed by atoms with E-state index in [0.29, 0.717) is 39.5 Å². The lowest BCUT2D eigenvalue weighted by Crippen LogP contribution is -2.26. The minimum absolute atomic E-state index is 0.0652. The molecule has 0 bridgehead atoms. The molecule has 0 aliphatic rings. The van der Waals surface area contributed by atoms with Crippen molar-refractivity contribution in [3.8, 4) is 5.75 Å². The molecule has 0 fully saturated rings. The summed E-state index contributed by atoms with van der Waals surface area (Å²) in [5.41, 5.74) is 1.19. The molecular formula is C17H17BrClNO3. The van der Waals surface area contributed by atoms with Crippen molar-refractivity contribution < 1.29 is 14.6 Å². The summed E-state index contributed by atoms with van der Waals surface area (Å²) in [6, 6.07) is 12.4. The van der Waals surface area contributed by atoms with Crippen LogP contribution in [0.1, 0.15) is 16.8 Å². The van der Waals surface area contributed by atoms with E-state index in [0.717, 1.165) is 0 Å². The highest BCUT2D eigenvalue weighted by Crippen LogP contribution is 2.29. The fourth-order valence-electron chi connectivity index (χ4n) is 2.04. The minimum Gasteiger partial charge on any atom is -0.491 e. The van der Waals surface area contributed by atoms with Gasteiger partial charge in [0, 0.05) is 30.1 Å². The van der Waals surface area contributed by atoms with Crippen LogP contribution in [0.3, 0.4) is 0 Å². The summed E-state index contributed by atoms with van der Waals surface area (Å²) in [4.78, 5) is 14.2. The van der Waals surface area contributed by atoms with Crippen LogP contribution in [-0.4, -0.2) is 31.3 Å². The zero-order chi connectivity index (χ0) is 16.8. The van der Waals surface area contributed by atoms with Gasteiger partial charge in [0.25, 0.3) is 5.91 Å². The molecule has 0 radical (unpaired) electrons. The number of aliphatic hydroxyl groups is 1. The lowest BCUT2D eigenvalue weighted by molar-refractivity contribution is 0.0992. The summed E-state index contributed by atoms with van der Waals surface area (Å²) in [7, 11) is 1.69. The summed E-state index contributed by atoms with van der Waals surface area (Å²) in [6.07, 6.45) is 0.538. The first-order chi connectivity index (χ1) is 11.0. The summed E-state index contributed by atoms with van der Waals surface area (Å²) in [5.74, 6) is 0.436. The zero-order valence-electron chi connectivity index (χ0n) is 12.6. The first kappa shape index (κ1) is 17.8. The molecule has 0 spiro atoms. The van der Waals surface area contributed by atoms with Crippen molar-refractivity contribution in [2.75, 3.05) is 25.2 Å². The van der Waals surface area contributed by atoms with Gasteiger partial charge < -0.3 is 14.7 Å². The van der Waals surface area contributed by atoms with Crippen molar-refractivity contribution in [2.45, 2.75) is 6.42 Å². The van der Waals surface area contributed by atoms with Gasteiger partial charge in [-0.25, -0.2) is 0 Å². The predicted molar refractivity (Wildman–Crippen MR) is 95.5 cm³/mol.